The molecule has 0 unspecified atom stereocenters. The number of hydrogen-bond acceptors (Lipinski definition) is 2. The molecule has 1 fully saturated rings. The molecule has 1 aliphatic carbocycles. The van der Waals surface area contributed by atoms with E-state index in [9.17, 15) is 4.79 Å². The van der Waals surface area contributed by atoms with Gasteiger partial charge in [-0.3, -0.25) is 4.79 Å². The van der Waals surface area contributed by atoms with Gasteiger partial charge in [0, 0.05) is 17.4 Å². The highest BCUT2D eigenvalue weighted by atomic mass is 35.5. The molecule has 0 spiro atoms. The Hall–Kier alpha value is -0.860. The molecule has 0 amide bonds. The summed E-state index contributed by atoms with van der Waals surface area (Å²) in [4.78, 5) is 11.7. The lowest BCUT2D eigenvalue weighted by Gasteiger charge is -2.21. The summed E-state index contributed by atoms with van der Waals surface area (Å²) in [7, 11) is 1.50. The second kappa shape index (κ2) is 6.66. The van der Waals surface area contributed by atoms with Crippen molar-refractivity contribution in [3.05, 3.63) is 34.9 Å². The van der Waals surface area contributed by atoms with E-state index in [0.717, 1.165) is 36.3 Å². The molecule has 88 valence electrons. The number of Topliss-reactive ketones (excluding diaryl/α,β-unsaturated/α-hetero) is 1. The maximum atomic E-state index is 11.7. The van der Waals surface area contributed by atoms with Crippen LogP contribution in [0.25, 0.3) is 0 Å². The van der Waals surface area contributed by atoms with E-state index in [4.69, 9.17) is 11.6 Å². The van der Waals surface area contributed by atoms with Crippen molar-refractivity contribution >= 4 is 17.4 Å². The van der Waals surface area contributed by atoms with Crippen molar-refractivity contribution in [3.8, 4) is 0 Å². The Kier molecular flexibility index (Phi) is 5.50. The molecular weight excluding hydrogens is 222 g/mol. The van der Waals surface area contributed by atoms with Gasteiger partial charge in [0.05, 0.1) is 0 Å². The molecule has 3 heteroatoms. The van der Waals surface area contributed by atoms with Gasteiger partial charge in [-0.1, -0.05) is 36.2 Å². The van der Waals surface area contributed by atoms with Crippen molar-refractivity contribution in [3.63, 3.8) is 0 Å². The third-order valence-electron chi connectivity index (χ3n) is 2.84. The van der Waals surface area contributed by atoms with Crippen LogP contribution in [0.4, 0.5) is 0 Å². The molecule has 1 atom stereocenters. The van der Waals surface area contributed by atoms with Crippen LogP contribution in [-0.4, -0.2) is 12.8 Å². The van der Waals surface area contributed by atoms with Crippen molar-refractivity contribution in [2.45, 2.75) is 31.6 Å². The van der Waals surface area contributed by atoms with E-state index in [-0.39, 0.29) is 5.92 Å². The first kappa shape index (κ1) is 13.2. The van der Waals surface area contributed by atoms with Crippen LogP contribution in [0.3, 0.4) is 0 Å². The van der Waals surface area contributed by atoms with Gasteiger partial charge >= 0.3 is 0 Å². The molecule has 2 rings (SSSR count). The molecule has 1 aliphatic rings. The van der Waals surface area contributed by atoms with Gasteiger partial charge < -0.3 is 5.73 Å². The van der Waals surface area contributed by atoms with E-state index in [0.29, 0.717) is 5.78 Å². The molecule has 16 heavy (non-hydrogen) atoms. The van der Waals surface area contributed by atoms with Gasteiger partial charge in [0.25, 0.3) is 0 Å². The molecule has 1 aromatic rings. The Labute approximate surface area is 102 Å². The Morgan fingerprint density at radius 1 is 1.25 bits per heavy atom. The molecule has 1 saturated carbocycles. The minimum atomic E-state index is 0.0532. The number of hydrogen-bond donors (Lipinski definition) is 1. The lowest BCUT2D eigenvalue weighted by molar-refractivity contribution is -0.121. The zero-order valence-corrected chi connectivity index (χ0v) is 10.3. The van der Waals surface area contributed by atoms with Crippen LogP contribution in [0.5, 0.6) is 0 Å². The summed E-state index contributed by atoms with van der Waals surface area (Å²) < 4.78 is 0. The van der Waals surface area contributed by atoms with Crippen molar-refractivity contribution in [1.82, 2.24) is 0 Å². The molecule has 0 aromatic heterocycles. The fourth-order valence-electron chi connectivity index (χ4n) is 2.07. The topological polar surface area (TPSA) is 43.1 Å². The fraction of sp³-hybridized carbons (Fsp3) is 0.462. The van der Waals surface area contributed by atoms with Crippen LogP contribution >= 0.6 is 11.6 Å². The van der Waals surface area contributed by atoms with E-state index < -0.39 is 0 Å². The van der Waals surface area contributed by atoms with Crippen molar-refractivity contribution in [2.24, 2.45) is 5.73 Å². The largest absolute Gasteiger partial charge is 0.333 e. The third-order valence-corrected chi connectivity index (χ3v) is 3.18. The maximum absolute atomic E-state index is 11.7. The average molecular weight is 240 g/mol. The smallest absolute Gasteiger partial charge is 0.140 e. The lowest BCUT2D eigenvalue weighted by Crippen LogP contribution is -2.17. The van der Waals surface area contributed by atoms with E-state index >= 15 is 0 Å². The second-order valence-electron chi connectivity index (χ2n) is 3.79. The van der Waals surface area contributed by atoms with Gasteiger partial charge in [-0.05, 0) is 31.5 Å². The number of rotatable bonds is 1. The van der Waals surface area contributed by atoms with Crippen molar-refractivity contribution in [2.75, 3.05) is 7.05 Å². The fourth-order valence-corrected chi connectivity index (χ4v) is 2.34. The number of ketones is 1. The lowest BCUT2D eigenvalue weighted by atomic mass is 9.83. The highest BCUT2D eigenvalue weighted by Gasteiger charge is 2.24. The summed E-state index contributed by atoms with van der Waals surface area (Å²) in [6, 6.07) is 7.68. The van der Waals surface area contributed by atoms with E-state index in [2.05, 4.69) is 5.73 Å². The monoisotopic (exact) mass is 239 g/mol. The summed E-state index contributed by atoms with van der Waals surface area (Å²) >= 11 is 6.07. The predicted molar refractivity (Wildman–Crippen MR) is 67.8 cm³/mol. The zero-order chi connectivity index (χ0) is 12.0. The standard InChI is InChI=1S/C12H13ClO.CH5N/c13-11-7-3-1-5-9(11)10-6-2-4-8-12(10)14;1-2/h1,3,5,7,10H,2,4,6,8H2;2H2,1H3/t10-;/m0./s1. The van der Waals surface area contributed by atoms with Crippen LogP contribution in [0, 0.1) is 0 Å². The first-order valence-corrected chi connectivity index (χ1v) is 6.01. The normalized spacial score (nSPS) is 19.9. The quantitative estimate of drug-likeness (QED) is 0.818. The Balaban J connectivity index is 0.000000606. The number of nitrogens with two attached hydrogens (primary N) is 1. The Morgan fingerprint density at radius 2 is 1.94 bits per heavy atom. The van der Waals surface area contributed by atoms with Gasteiger partial charge in [0.15, 0.2) is 0 Å². The summed E-state index contributed by atoms with van der Waals surface area (Å²) in [5.41, 5.74) is 5.51. The summed E-state index contributed by atoms with van der Waals surface area (Å²) in [5.74, 6) is 0.404. The maximum Gasteiger partial charge on any atom is 0.140 e. The van der Waals surface area contributed by atoms with E-state index in [1.807, 2.05) is 24.3 Å². The van der Waals surface area contributed by atoms with Gasteiger partial charge in [-0.15, -0.1) is 0 Å². The summed E-state index contributed by atoms with van der Waals surface area (Å²) in [5, 5.41) is 0.729. The molecule has 0 radical (unpaired) electrons. The Bertz CT molecular complexity index is 352. The van der Waals surface area contributed by atoms with Gasteiger partial charge in [-0.25, -0.2) is 0 Å². The molecule has 2 nitrogen and oxygen atoms in total. The molecule has 0 heterocycles. The SMILES string of the molecule is CN.O=C1CCCC[C@H]1c1ccccc1Cl. The first-order chi connectivity index (χ1) is 7.79. The number of benzene rings is 1. The molecular formula is C13H18ClNO. The van der Waals surface area contributed by atoms with Crippen LogP contribution in [-0.2, 0) is 4.79 Å². The first-order valence-electron chi connectivity index (χ1n) is 5.64. The number of halogens is 1. The van der Waals surface area contributed by atoms with Crippen molar-refractivity contribution in [1.29, 1.82) is 0 Å². The molecule has 0 saturated heterocycles. The number of carbonyl (C=O) groups excluding carboxylic acids is 1. The average Bonchev–Trinajstić information content (AvgIpc) is 2.34. The Morgan fingerprint density at radius 3 is 2.56 bits per heavy atom. The van der Waals surface area contributed by atoms with E-state index in [1.54, 1.807) is 0 Å². The highest BCUT2D eigenvalue weighted by molar-refractivity contribution is 6.31. The summed E-state index contributed by atoms with van der Waals surface area (Å²) in [6.45, 7) is 0. The van der Waals surface area contributed by atoms with Crippen LogP contribution in [0.1, 0.15) is 37.2 Å². The zero-order valence-electron chi connectivity index (χ0n) is 9.58. The minimum Gasteiger partial charge on any atom is -0.333 e. The summed E-state index contributed by atoms with van der Waals surface area (Å²) in [6.07, 6.45) is 3.86. The van der Waals surface area contributed by atoms with E-state index in [1.165, 1.54) is 7.05 Å². The van der Waals surface area contributed by atoms with Gasteiger partial charge in [0.1, 0.15) is 5.78 Å². The third kappa shape index (κ3) is 3.06. The van der Waals surface area contributed by atoms with Crippen LogP contribution in [0.15, 0.2) is 24.3 Å². The molecule has 1 aromatic carbocycles. The number of carbonyl (C=O) groups is 1. The predicted octanol–water partition coefficient (Wildman–Crippen LogP) is 3.14. The van der Waals surface area contributed by atoms with Crippen LogP contribution in [0.2, 0.25) is 5.02 Å². The van der Waals surface area contributed by atoms with Crippen molar-refractivity contribution < 1.29 is 4.79 Å². The van der Waals surface area contributed by atoms with Gasteiger partial charge in [0.2, 0.25) is 0 Å². The molecule has 2 N–H and O–H groups in total. The highest BCUT2D eigenvalue weighted by Crippen LogP contribution is 2.33. The van der Waals surface area contributed by atoms with Crippen LogP contribution < -0.4 is 5.73 Å². The second-order valence-corrected chi connectivity index (χ2v) is 4.19. The minimum absolute atomic E-state index is 0.0532. The molecule has 0 bridgehead atoms. The molecule has 0 aliphatic heterocycles. The van der Waals surface area contributed by atoms with Gasteiger partial charge in [-0.2, -0.15) is 0 Å².